The number of hydrogen-bond acceptors (Lipinski definition) is 5. The molecule has 0 aliphatic rings. The second kappa shape index (κ2) is 4.17. The second-order valence-corrected chi connectivity index (χ2v) is 5.58. The van der Waals surface area contributed by atoms with Crippen molar-refractivity contribution in [1.29, 1.82) is 0 Å². The third kappa shape index (κ3) is 2.44. The molecule has 0 atom stereocenters. The maximum atomic E-state index is 12.1. The minimum atomic E-state index is -3.52. The second-order valence-electron chi connectivity index (χ2n) is 3.68. The number of aryl methyl sites for hydroxylation is 1. The Labute approximate surface area is 99.0 Å². The molecule has 0 bridgehead atoms. The lowest BCUT2D eigenvalue weighted by Crippen LogP contribution is -2.09. The van der Waals surface area contributed by atoms with Crippen LogP contribution in [0.25, 0.3) is 0 Å². The van der Waals surface area contributed by atoms with Gasteiger partial charge in [0.1, 0.15) is 0 Å². The molecule has 2 N–H and O–H groups in total. The predicted octanol–water partition coefficient (Wildman–Crippen LogP) is 0.371. The molecule has 90 valence electrons. The molecule has 6 nitrogen and oxygen atoms in total. The Morgan fingerprint density at radius 2 is 2.24 bits per heavy atom. The Bertz CT molecular complexity index is 633. The third-order valence-electron chi connectivity index (χ3n) is 2.21. The van der Waals surface area contributed by atoms with Crippen molar-refractivity contribution >= 4 is 15.5 Å². The van der Waals surface area contributed by atoms with Crippen molar-refractivity contribution in [1.82, 2.24) is 14.8 Å². The van der Waals surface area contributed by atoms with Crippen LogP contribution in [0.3, 0.4) is 0 Å². The summed E-state index contributed by atoms with van der Waals surface area (Å²) in [6, 6.07) is 3.11. The standard InChI is InChI=1S/C10H12N4O2S/c1-14-6-8(5-13-14)7-17(15,16)10-9(11)3-2-4-12-10/h2-6H,7,11H2,1H3. The molecular weight excluding hydrogens is 240 g/mol. The number of sulfone groups is 1. The van der Waals surface area contributed by atoms with Crippen molar-refractivity contribution in [2.24, 2.45) is 7.05 Å². The topological polar surface area (TPSA) is 90.9 Å². The van der Waals surface area contributed by atoms with Crippen molar-refractivity contribution < 1.29 is 8.42 Å². The van der Waals surface area contributed by atoms with Crippen LogP contribution in [-0.2, 0) is 22.6 Å². The highest BCUT2D eigenvalue weighted by Crippen LogP contribution is 2.19. The zero-order valence-electron chi connectivity index (χ0n) is 9.24. The molecular formula is C10H12N4O2S. The van der Waals surface area contributed by atoms with E-state index in [2.05, 4.69) is 10.1 Å². The van der Waals surface area contributed by atoms with Gasteiger partial charge in [-0.2, -0.15) is 5.10 Å². The molecule has 0 saturated carbocycles. The molecule has 0 saturated heterocycles. The molecule has 0 radical (unpaired) electrons. The average molecular weight is 252 g/mol. The number of anilines is 1. The first-order valence-electron chi connectivity index (χ1n) is 4.90. The number of nitrogens with zero attached hydrogens (tertiary/aromatic N) is 3. The summed E-state index contributed by atoms with van der Waals surface area (Å²) < 4.78 is 25.7. The quantitative estimate of drug-likeness (QED) is 0.852. The van der Waals surface area contributed by atoms with Gasteiger partial charge in [0.15, 0.2) is 5.03 Å². The van der Waals surface area contributed by atoms with Crippen LogP contribution >= 0.6 is 0 Å². The van der Waals surface area contributed by atoms with Gasteiger partial charge in [-0.15, -0.1) is 0 Å². The first-order valence-corrected chi connectivity index (χ1v) is 6.55. The van der Waals surface area contributed by atoms with E-state index in [-0.39, 0.29) is 16.5 Å². The number of hydrogen-bond donors (Lipinski definition) is 1. The Morgan fingerprint density at radius 1 is 1.47 bits per heavy atom. The molecule has 2 heterocycles. The van der Waals surface area contributed by atoms with Crippen molar-refractivity contribution in [3.8, 4) is 0 Å². The summed E-state index contributed by atoms with van der Waals surface area (Å²) in [5, 5.41) is 3.84. The minimum Gasteiger partial charge on any atom is -0.396 e. The SMILES string of the molecule is Cn1cc(CS(=O)(=O)c2ncccc2N)cn1. The fraction of sp³-hybridized carbons (Fsp3) is 0.200. The van der Waals surface area contributed by atoms with Gasteiger partial charge in [0.05, 0.1) is 17.6 Å². The van der Waals surface area contributed by atoms with Gasteiger partial charge in [-0.05, 0) is 12.1 Å². The molecule has 2 aromatic heterocycles. The van der Waals surface area contributed by atoms with Crippen LogP contribution in [0.15, 0.2) is 35.7 Å². The first kappa shape index (κ1) is 11.6. The van der Waals surface area contributed by atoms with Crippen LogP contribution in [0.1, 0.15) is 5.56 Å². The highest BCUT2D eigenvalue weighted by molar-refractivity contribution is 7.90. The van der Waals surface area contributed by atoms with Gasteiger partial charge in [-0.3, -0.25) is 4.68 Å². The summed E-state index contributed by atoms with van der Waals surface area (Å²) in [5.41, 5.74) is 6.38. The Kier molecular flexibility index (Phi) is 2.84. The van der Waals surface area contributed by atoms with Crippen molar-refractivity contribution in [3.05, 3.63) is 36.3 Å². The zero-order valence-corrected chi connectivity index (χ0v) is 10.1. The van der Waals surface area contributed by atoms with Crippen LogP contribution in [0.4, 0.5) is 5.69 Å². The summed E-state index contributed by atoms with van der Waals surface area (Å²) in [6.07, 6.45) is 4.57. The van der Waals surface area contributed by atoms with Crippen LogP contribution in [0.2, 0.25) is 0 Å². The highest BCUT2D eigenvalue weighted by atomic mass is 32.2. The van der Waals surface area contributed by atoms with Gasteiger partial charge in [-0.1, -0.05) is 0 Å². The Morgan fingerprint density at radius 3 is 2.82 bits per heavy atom. The van der Waals surface area contributed by atoms with E-state index in [0.29, 0.717) is 5.56 Å². The smallest absolute Gasteiger partial charge is 0.201 e. The summed E-state index contributed by atoms with van der Waals surface area (Å²) in [4.78, 5) is 3.81. The lowest BCUT2D eigenvalue weighted by atomic mass is 10.4. The predicted molar refractivity (Wildman–Crippen MR) is 62.7 cm³/mol. The minimum absolute atomic E-state index is 0.0798. The zero-order chi connectivity index (χ0) is 12.5. The van der Waals surface area contributed by atoms with E-state index >= 15 is 0 Å². The number of pyridine rings is 1. The van der Waals surface area contributed by atoms with E-state index in [1.54, 1.807) is 24.0 Å². The van der Waals surface area contributed by atoms with E-state index in [1.165, 1.54) is 18.5 Å². The van der Waals surface area contributed by atoms with E-state index in [1.807, 2.05) is 0 Å². The van der Waals surface area contributed by atoms with Gasteiger partial charge < -0.3 is 5.73 Å². The van der Waals surface area contributed by atoms with Gasteiger partial charge >= 0.3 is 0 Å². The van der Waals surface area contributed by atoms with E-state index < -0.39 is 9.84 Å². The maximum Gasteiger partial charge on any atom is 0.201 e. The fourth-order valence-electron chi connectivity index (χ4n) is 1.50. The number of rotatable bonds is 3. The summed E-state index contributed by atoms with van der Waals surface area (Å²) in [7, 11) is -1.79. The number of aromatic nitrogens is 3. The molecule has 17 heavy (non-hydrogen) atoms. The molecule has 7 heteroatoms. The molecule has 0 aromatic carbocycles. The molecule has 2 aromatic rings. The lowest BCUT2D eigenvalue weighted by molar-refractivity contribution is 0.592. The Balaban J connectivity index is 2.35. The lowest BCUT2D eigenvalue weighted by Gasteiger charge is -2.04. The summed E-state index contributed by atoms with van der Waals surface area (Å²) in [5.74, 6) is -0.151. The van der Waals surface area contributed by atoms with Gasteiger partial charge in [0.25, 0.3) is 0 Å². The van der Waals surface area contributed by atoms with Crippen LogP contribution < -0.4 is 5.73 Å². The van der Waals surface area contributed by atoms with E-state index in [9.17, 15) is 8.42 Å². The third-order valence-corrected chi connectivity index (χ3v) is 3.85. The molecule has 0 amide bonds. The highest BCUT2D eigenvalue weighted by Gasteiger charge is 2.20. The van der Waals surface area contributed by atoms with Crippen molar-refractivity contribution in [2.75, 3.05) is 5.73 Å². The average Bonchev–Trinajstić information content (AvgIpc) is 2.63. The van der Waals surface area contributed by atoms with Crippen LogP contribution in [0.5, 0.6) is 0 Å². The van der Waals surface area contributed by atoms with Crippen LogP contribution in [-0.4, -0.2) is 23.2 Å². The van der Waals surface area contributed by atoms with Gasteiger partial charge in [0, 0.05) is 25.0 Å². The van der Waals surface area contributed by atoms with Crippen molar-refractivity contribution in [2.45, 2.75) is 10.8 Å². The summed E-state index contributed by atoms with van der Waals surface area (Å²) >= 11 is 0. The normalized spacial score (nSPS) is 11.6. The largest absolute Gasteiger partial charge is 0.396 e. The summed E-state index contributed by atoms with van der Waals surface area (Å²) in [6.45, 7) is 0. The molecule has 0 spiro atoms. The van der Waals surface area contributed by atoms with E-state index in [0.717, 1.165) is 0 Å². The monoisotopic (exact) mass is 252 g/mol. The molecule has 0 aliphatic carbocycles. The van der Waals surface area contributed by atoms with E-state index in [4.69, 9.17) is 5.73 Å². The van der Waals surface area contributed by atoms with Crippen LogP contribution in [0, 0.1) is 0 Å². The Hall–Kier alpha value is -1.89. The molecule has 2 rings (SSSR count). The first-order chi connectivity index (χ1) is 7.99. The van der Waals surface area contributed by atoms with Gasteiger partial charge in [0.2, 0.25) is 9.84 Å². The fourth-order valence-corrected chi connectivity index (χ4v) is 2.87. The molecule has 0 fully saturated rings. The molecule has 0 aliphatic heterocycles. The van der Waals surface area contributed by atoms with Crippen molar-refractivity contribution in [3.63, 3.8) is 0 Å². The molecule has 0 unspecified atom stereocenters. The number of nitrogens with two attached hydrogens (primary N) is 1. The maximum absolute atomic E-state index is 12.1. The van der Waals surface area contributed by atoms with Gasteiger partial charge in [-0.25, -0.2) is 13.4 Å². The number of nitrogen functional groups attached to an aromatic ring is 1.